The van der Waals surface area contributed by atoms with Crippen LogP contribution in [-0.4, -0.2) is 4.57 Å². The monoisotopic (exact) mass is 1050 g/mol. The first-order valence-corrected chi connectivity index (χ1v) is 29.7. The third-order valence-corrected chi connectivity index (χ3v) is 17.3. The molecule has 0 radical (unpaired) electrons. The van der Waals surface area contributed by atoms with E-state index in [2.05, 4.69) is 269 Å². The van der Waals surface area contributed by atoms with Crippen LogP contribution in [0.2, 0.25) is 0 Å². The number of hydrogen-bond acceptors (Lipinski definition) is 1. The lowest BCUT2D eigenvalue weighted by Crippen LogP contribution is -2.17. The summed E-state index contributed by atoms with van der Waals surface area (Å²) in [5.41, 5.74) is 26.7. The van der Waals surface area contributed by atoms with Crippen molar-refractivity contribution in [1.82, 2.24) is 4.57 Å². The van der Waals surface area contributed by atoms with Crippen molar-refractivity contribution >= 4 is 51.0 Å². The summed E-state index contributed by atoms with van der Waals surface area (Å²) < 4.78 is 2.48. The molecule has 0 fully saturated rings. The maximum Gasteiger partial charge on any atom is 0.0541 e. The van der Waals surface area contributed by atoms with Gasteiger partial charge in [0.05, 0.1) is 11.0 Å². The van der Waals surface area contributed by atoms with Crippen LogP contribution in [0.5, 0.6) is 0 Å². The summed E-state index contributed by atoms with van der Waals surface area (Å²) in [6.45, 7) is 17.4. The summed E-state index contributed by atoms with van der Waals surface area (Å²) >= 11 is 0. The van der Waals surface area contributed by atoms with Crippen LogP contribution in [-0.2, 0) is 18.3 Å². The molecule has 10 aromatic carbocycles. The quantitative estimate of drug-likeness (QED) is 0.0691. The highest BCUT2D eigenvalue weighted by Gasteiger charge is 2.37. The van der Waals surface area contributed by atoms with Gasteiger partial charge in [0.1, 0.15) is 0 Å². The zero-order valence-corrected chi connectivity index (χ0v) is 47.8. The molecule has 0 bridgehead atoms. The van der Waals surface area contributed by atoms with Gasteiger partial charge in [-0.3, -0.25) is 0 Å². The Labute approximate surface area is 481 Å². The van der Waals surface area contributed by atoms with Crippen LogP contribution in [0.1, 0.15) is 112 Å². The number of aryl methyl sites for hydroxylation is 2. The number of hydrogen-bond donors (Lipinski definition) is 0. The van der Waals surface area contributed by atoms with E-state index in [0.29, 0.717) is 0 Å². The summed E-state index contributed by atoms with van der Waals surface area (Å²) in [6, 6.07) is 82.5. The van der Waals surface area contributed by atoms with Gasteiger partial charge in [0.2, 0.25) is 0 Å². The van der Waals surface area contributed by atoms with E-state index >= 15 is 0 Å². The van der Waals surface area contributed by atoms with Gasteiger partial charge in [-0.25, -0.2) is 0 Å². The van der Waals surface area contributed by atoms with Gasteiger partial charge in [-0.05, 0) is 187 Å². The molecule has 0 aliphatic heterocycles. The van der Waals surface area contributed by atoms with E-state index in [1.807, 2.05) is 12.2 Å². The first-order chi connectivity index (χ1) is 39.7. The molecule has 1 aliphatic rings. The predicted molar refractivity (Wildman–Crippen MR) is 351 cm³/mol. The van der Waals surface area contributed by atoms with E-state index in [9.17, 15) is 0 Å². The topological polar surface area (TPSA) is 8.17 Å². The normalized spacial score (nSPS) is 12.4. The second-order valence-electron chi connectivity index (χ2n) is 23.0. The molecule has 11 aromatic rings. The van der Waals surface area contributed by atoms with Crippen molar-refractivity contribution in [2.24, 2.45) is 0 Å². The Kier molecular flexibility index (Phi) is 15.1. The molecule has 81 heavy (non-hydrogen) atoms. The second-order valence-corrected chi connectivity index (χ2v) is 23.0. The lowest BCUT2D eigenvalue weighted by molar-refractivity contribution is 0.660. The first-order valence-electron chi connectivity index (χ1n) is 29.7. The zero-order chi connectivity index (χ0) is 55.5. The highest BCUT2D eigenvalue weighted by Crippen LogP contribution is 2.52. The molecule has 0 spiro atoms. The Balaban J connectivity index is 0.904. The smallest absolute Gasteiger partial charge is 0.0541 e. The van der Waals surface area contributed by atoms with Crippen LogP contribution in [0.15, 0.2) is 232 Å². The van der Waals surface area contributed by atoms with Crippen LogP contribution in [0.3, 0.4) is 0 Å². The van der Waals surface area contributed by atoms with Gasteiger partial charge in [0.15, 0.2) is 0 Å². The molecule has 1 aliphatic carbocycles. The third-order valence-electron chi connectivity index (χ3n) is 17.3. The Morgan fingerprint density at radius 3 is 1.17 bits per heavy atom. The lowest BCUT2D eigenvalue weighted by Gasteiger charge is -2.28. The molecule has 0 amide bonds. The first kappa shape index (κ1) is 53.0. The van der Waals surface area contributed by atoms with Gasteiger partial charge in [-0.2, -0.15) is 0 Å². The highest BCUT2D eigenvalue weighted by molar-refractivity contribution is 6.12. The Hall–Kier alpha value is -8.72. The van der Waals surface area contributed by atoms with Crippen molar-refractivity contribution in [1.29, 1.82) is 0 Å². The van der Waals surface area contributed by atoms with Gasteiger partial charge in [0, 0.05) is 38.9 Å². The Morgan fingerprint density at radius 1 is 0.370 bits per heavy atom. The molecule has 12 rings (SSSR count). The molecule has 0 unspecified atom stereocenters. The molecule has 0 atom stereocenters. The third kappa shape index (κ3) is 10.6. The van der Waals surface area contributed by atoms with Crippen LogP contribution >= 0.6 is 0 Å². The molecule has 1 heterocycles. The van der Waals surface area contributed by atoms with Crippen LogP contribution in [0, 0.1) is 0 Å². The minimum absolute atomic E-state index is 0.283. The van der Waals surface area contributed by atoms with E-state index in [0.717, 1.165) is 46.7 Å². The molecule has 1 aromatic heterocycles. The van der Waals surface area contributed by atoms with E-state index in [1.165, 1.54) is 151 Å². The fraction of sp³-hybridized carbons (Fsp3) is 0.190. The maximum atomic E-state index is 3.99. The van der Waals surface area contributed by atoms with E-state index in [1.54, 1.807) is 0 Å². The SMILES string of the molecule is C=Cc1ccc(-c2ccc3c(c2)c2cc(-c4ccc(C=C)cc4)ccc2n3-c2ccc3c(c2)C(C)(C)c2cc(N(c4ccc(-c5ccc(CCCCCC)cc5)cc4)c4ccc(-c5ccc(CCCCCC)cc5)cc4)ccc2-3)cc1. The van der Waals surface area contributed by atoms with Gasteiger partial charge in [0.25, 0.3) is 0 Å². The largest absolute Gasteiger partial charge is 0.310 e. The fourth-order valence-corrected chi connectivity index (χ4v) is 12.6. The molecule has 0 N–H and O–H groups in total. The van der Waals surface area contributed by atoms with Crippen molar-refractivity contribution < 1.29 is 0 Å². The number of benzene rings is 10. The predicted octanol–water partition coefficient (Wildman–Crippen LogP) is 22.8. The van der Waals surface area contributed by atoms with Gasteiger partial charge in [-0.15, -0.1) is 0 Å². The van der Waals surface area contributed by atoms with Crippen molar-refractivity contribution in [3.8, 4) is 61.3 Å². The molecule has 2 nitrogen and oxygen atoms in total. The molecular formula is C79H74N2. The van der Waals surface area contributed by atoms with Crippen molar-refractivity contribution in [3.05, 3.63) is 265 Å². The van der Waals surface area contributed by atoms with Crippen LogP contribution < -0.4 is 4.90 Å². The summed E-state index contributed by atoms with van der Waals surface area (Å²) in [6.07, 6.45) is 16.3. The summed E-state index contributed by atoms with van der Waals surface area (Å²) in [7, 11) is 0. The highest BCUT2D eigenvalue weighted by atomic mass is 15.1. The summed E-state index contributed by atoms with van der Waals surface area (Å²) in [5, 5.41) is 2.46. The van der Waals surface area contributed by atoms with Gasteiger partial charge >= 0.3 is 0 Å². The summed E-state index contributed by atoms with van der Waals surface area (Å²) in [5.74, 6) is 0. The Morgan fingerprint density at radius 2 is 0.741 bits per heavy atom. The number of fused-ring (bicyclic) bond motifs is 6. The van der Waals surface area contributed by atoms with Crippen molar-refractivity contribution in [3.63, 3.8) is 0 Å². The average molecular weight is 1050 g/mol. The molecule has 0 saturated heterocycles. The number of aromatic nitrogens is 1. The number of rotatable bonds is 20. The Bertz CT molecular complexity index is 3810. The van der Waals surface area contributed by atoms with Crippen molar-refractivity contribution in [2.75, 3.05) is 4.90 Å². The maximum absolute atomic E-state index is 3.99. The average Bonchev–Trinajstić information content (AvgIpc) is 4.19. The minimum atomic E-state index is -0.283. The van der Waals surface area contributed by atoms with Gasteiger partial charge in [-0.1, -0.05) is 237 Å². The number of unbranched alkanes of at least 4 members (excludes halogenated alkanes) is 6. The van der Waals surface area contributed by atoms with E-state index in [4.69, 9.17) is 0 Å². The number of nitrogens with zero attached hydrogens (tertiary/aromatic N) is 2. The fourth-order valence-electron chi connectivity index (χ4n) is 12.6. The summed E-state index contributed by atoms with van der Waals surface area (Å²) in [4.78, 5) is 2.44. The van der Waals surface area contributed by atoms with Gasteiger partial charge < -0.3 is 9.47 Å². The van der Waals surface area contributed by atoms with E-state index in [-0.39, 0.29) is 5.41 Å². The van der Waals surface area contributed by atoms with Crippen LogP contribution in [0.4, 0.5) is 17.1 Å². The van der Waals surface area contributed by atoms with Crippen LogP contribution in [0.25, 0.3) is 95.3 Å². The van der Waals surface area contributed by atoms with E-state index < -0.39 is 0 Å². The lowest BCUT2D eigenvalue weighted by atomic mass is 9.82. The second kappa shape index (κ2) is 23.2. The minimum Gasteiger partial charge on any atom is -0.310 e. The molecule has 0 saturated carbocycles. The van der Waals surface area contributed by atoms with Crippen molar-refractivity contribution in [2.45, 2.75) is 97.3 Å². The zero-order valence-electron chi connectivity index (χ0n) is 47.8. The standard InChI is InChI=1S/C79H74N2/c1-7-11-13-15-17-57-23-31-59(32-24-57)61-35-41-67(42-36-61)80(68-43-37-62(38-44-68)60-33-25-58(26-34-60)18-16-14-12-8-2)69-45-47-71-72-48-46-70(54-76(72)79(5,6)75(71)53-69)81-77-49-39-65(63-27-19-55(9-3)20-28-63)51-73(77)74-52-66(40-50-78(74)81)64-29-21-56(10-4)22-30-64/h9-10,19-54H,3-4,7-8,11-18H2,1-2,5-6H3. The molecule has 2 heteroatoms. The number of anilines is 3. The molecular weight excluding hydrogens is 977 g/mol. The molecule has 400 valence electrons.